The number of hydrogen-bond donors (Lipinski definition) is 2. The quantitative estimate of drug-likeness (QED) is 0.801. The second kappa shape index (κ2) is 4.55. The topological polar surface area (TPSA) is 68.0 Å². The Labute approximate surface area is 103 Å². The molecular weight excluding hydrogens is 234 g/mol. The number of aromatic nitrogens is 1. The number of hydrogen-bond acceptors (Lipinski definition) is 4. The van der Waals surface area contributed by atoms with Crippen molar-refractivity contribution >= 4 is 28.6 Å². The molecule has 0 bridgehead atoms. The van der Waals surface area contributed by atoms with E-state index in [1.807, 2.05) is 13.8 Å². The standard InChI is InChI=1S/C12H13N3OS/c1-7-11(17-8(2)14-7)12(16)15-10-5-3-4-9(13)6-10/h3-6H,13H2,1-2H3,(H,15,16). The maximum atomic E-state index is 12.0. The van der Waals surface area contributed by atoms with E-state index in [-0.39, 0.29) is 5.91 Å². The molecule has 0 aliphatic rings. The lowest BCUT2D eigenvalue weighted by atomic mass is 10.2. The Balaban J connectivity index is 2.20. The Morgan fingerprint density at radius 2 is 2.18 bits per heavy atom. The first-order chi connectivity index (χ1) is 8.06. The number of benzene rings is 1. The van der Waals surface area contributed by atoms with Crippen LogP contribution >= 0.6 is 11.3 Å². The van der Waals surface area contributed by atoms with E-state index in [1.165, 1.54) is 11.3 Å². The molecule has 5 heteroatoms. The molecule has 0 saturated carbocycles. The van der Waals surface area contributed by atoms with Gasteiger partial charge in [-0.3, -0.25) is 4.79 Å². The fourth-order valence-corrected chi connectivity index (χ4v) is 2.36. The summed E-state index contributed by atoms with van der Waals surface area (Å²) in [5, 5.41) is 3.69. The van der Waals surface area contributed by atoms with Crippen molar-refractivity contribution in [2.24, 2.45) is 0 Å². The van der Waals surface area contributed by atoms with Crippen LogP contribution in [-0.4, -0.2) is 10.9 Å². The first-order valence-electron chi connectivity index (χ1n) is 5.17. The van der Waals surface area contributed by atoms with E-state index in [9.17, 15) is 4.79 Å². The number of nitrogens with two attached hydrogens (primary N) is 1. The van der Waals surface area contributed by atoms with E-state index in [0.29, 0.717) is 16.3 Å². The van der Waals surface area contributed by atoms with Crippen molar-refractivity contribution in [1.82, 2.24) is 4.98 Å². The van der Waals surface area contributed by atoms with Gasteiger partial charge in [0.1, 0.15) is 4.88 Å². The predicted molar refractivity (Wildman–Crippen MR) is 70.4 cm³/mol. The molecule has 4 nitrogen and oxygen atoms in total. The molecule has 0 saturated heterocycles. The molecule has 0 unspecified atom stereocenters. The van der Waals surface area contributed by atoms with Gasteiger partial charge in [0.15, 0.2) is 0 Å². The maximum absolute atomic E-state index is 12.0. The van der Waals surface area contributed by atoms with Gasteiger partial charge in [-0.15, -0.1) is 11.3 Å². The smallest absolute Gasteiger partial charge is 0.267 e. The first kappa shape index (κ1) is 11.6. The molecule has 0 aliphatic carbocycles. The molecule has 1 aromatic carbocycles. The van der Waals surface area contributed by atoms with Crippen LogP contribution in [-0.2, 0) is 0 Å². The lowest BCUT2D eigenvalue weighted by Crippen LogP contribution is -2.11. The second-order valence-corrected chi connectivity index (χ2v) is 4.93. The number of thiazole rings is 1. The minimum Gasteiger partial charge on any atom is -0.399 e. The molecule has 1 aromatic heterocycles. The van der Waals surface area contributed by atoms with Crippen molar-refractivity contribution in [3.63, 3.8) is 0 Å². The van der Waals surface area contributed by atoms with Crippen LogP contribution in [0.5, 0.6) is 0 Å². The van der Waals surface area contributed by atoms with Crippen LogP contribution in [0.1, 0.15) is 20.4 Å². The summed E-state index contributed by atoms with van der Waals surface area (Å²) in [7, 11) is 0. The minimum atomic E-state index is -0.140. The zero-order chi connectivity index (χ0) is 12.4. The van der Waals surface area contributed by atoms with Gasteiger partial charge in [0, 0.05) is 11.4 Å². The van der Waals surface area contributed by atoms with Gasteiger partial charge in [0.25, 0.3) is 5.91 Å². The Bertz CT molecular complexity index is 563. The van der Waals surface area contributed by atoms with Crippen LogP contribution in [0.3, 0.4) is 0 Å². The number of amides is 1. The highest BCUT2D eigenvalue weighted by atomic mass is 32.1. The van der Waals surface area contributed by atoms with Gasteiger partial charge in [-0.05, 0) is 32.0 Å². The van der Waals surface area contributed by atoms with Crippen molar-refractivity contribution in [1.29, 1.82) is 0 Å². The van der Waals surface area contributed by atoms with Crippen molar-refractivity contribution in [3.05, 3.63) is 39.8 Å². The average Bonchev–Trinajstić information content (AvgIpc) is 2.58. The van der Waals surface area contributed by atoms with Gasteiger partial charge in [0.2, 0.25) is 0 Å². The van der Waals surface area contributed by atoms with E-state index in [0.717, 1.165) is 10.7 Å². The van der Waals surface area contributed by atoms with E-state index < -0.39 is 0 Å². The number of nitrogens with one attached hydrogen (secondary N) is 1. The summed E-state index contributed by atoms with van der Waals surface area (Å²) in [4.78, 5) is 16.8. The van der Waals surface area contributed by atoms with Crippen molar-refractivity contribution < 1.29 is 4.79 Å². The summed E-state index contributed by atoms with van der Waals surface area (Å²) in [6.07, 6.45) is 0. The zero-order valence-corrected chi connectivity index (χ0v) is 10.5. The minimum absolute atomic E-state index is 0.140. The van der Waals surface area contributed by atoms with Crippen molar-refractivity contribution in [3.8, 4) is 0 Å². The summed E-state index contributed by atoms with van der Waals surface area (Å²) in [5.74, 6) is -0.140. The lowest BCUT2D eigenvalue weighted by Gasteiger charge is -2.04. The van der Waals surface area contributed by atoms with Gasteiger partial charge < -0.3 is 11.1 Å². The van der Waals surface area contributed by atoms with Crippen LogP contribution in [0.4, 0.5) is 11.4 Å². The summed E-state index contributed by atoms with van der Waals surface area (Å²) in [6.45, 7) is 3.71. The molecular formula is C12H13N3OS. The Kier molecular flexibility index (Phi) is 3.10. The highest BCUT2D eigenvalue weighted by molar-refractivity contribution is 7.13. The monoisotopic (exact) mass is 247 g/mol. The number of carbonyl (C=O) groups is 1. The fourth-order valence-electron chi connectivity index (χ4n) is 1.55. The van der Waals surface area contributed by atoms with Gasteiger partial charge in [-0.2, -0.15) is 0 Å². The third-order valence-electron chi connectivity index (χ3n) is 2.25. The van der Waals surface area contributed by atoms with E-state index in [1.54, 1.807) is 24.3 Å². The van der Waals surface area contributed by atoms with Crippen LogP contribution in [0.25, 0.3) is 0 Å². The molecule has 88 valence electrons. The number of rotatable bonds is 2. The van der Waals surface area contributed by atoms with Crippen molar-refractivity contribution in [2.75, 3.05) is 11.1 Å². The van der Waals surface area contributed by atoms with Crippen LogP contribution in [0.2, 0.25) is 0 Å². The molecule has 1 amide bonds. The maximum Gasteiger partial charge on any atom is 0.267 e. The molecule has 3 N–H and O–H groups in total. The fraction of sp³-hybridized carbons (Fsp3) is 0.167. The molecule has 2 rings (SSSR count). The molecule has 17 heavy (non-hydrogen) atoms. The molecule has 0 spiro atoms. The second-order valence-electron chi connectivity index (χ2n) is 3.73. The van der Waals surface area contributed by atoms with Gasteiger partial charge in [0.05, 0.1) is 10.7 Å². The SMILES string of the molecule is Cc1nc(C)c(C(=O)Nc2cccc(N)c2)s1. The van der Waals surface area contributed by atoms with Crippen LogP contribution < -0.4 is 11.1 Å². The number of nitrogen functional groups attached to an aromatic ring is 1. The lowest BCUT2D eigenvalue weighted by molar-refractivity contribution is 0.103. The van der Waals surface area contributed by atoms with Crippen LogP contribution in [0.15, 0.2) is 24.3 Å². The number of carbonyl (C=O) groups excluding carboxylic acids is 1. The highest BCUT2D eigenvalue weighted by Crippen LogP contribution is 2.19. The molecule has 1 heterocycles. The van der Waals surface area contributed by atoms with E-state index in [4.69, 9.17) is 5.73 Å². The summed E-state index contributed by atoms with van der Waals surface area (Å²) >= 11 is 1.39. The first-order valence-corrected chi connectivity index (χ1v) is 5.99. The van der Waals surface area contributed by atoms with Gasteiger partial charge >= 0.3 is 0 Å². The average molecular weight is 247 g/mol. The third-order valence-corrected chi connectivity index (χ3v) is 3.33. The molecule has 0 radical (unpaired) electrons. The third kappa shape index (κ3) is 2.62. The van der Waals surface area contributed by atoms with Gasteiger partial charge in [-0.1, -0.05) is 6.07 Å². The number of anilines is 2. The highest BCUT2D eigenvalue weighted by Gasteiger charge is 2.13. The molecule has 0 fully saturated rings. The van der Waals surface area contributed by atoms with E-state index >= 15 is 0 Å². The zero-order valence-electron chi connectivity index (χ0n) is 9.65. The molecule has 2 aromatic rings. The Morgan fingerprint density at radius 3 is 2.76 bits per heavy atom. The number of aryl methyl sites for hydroxylation is 2. The largest absolute Gasteiger partial charge is 0.399 e. The van der Waals surface area contributed by atoms with Crippen molar-refractivity contribution in [2.45, 2.75) is 13.8 Å². The van der Waals surface area contributed by atoms with Crippen LogP contribution in [0, 0.1) is 13.8 Å². The number of nitrogens with zero attached hydrogens (tertiary/aromatic N) is 1. The normalized spacial score (nSPS) is 10.2. The summed E-state index contributed by atoms with van der Waals surface area (Å²) in [6, 6.07) is 7.10. The predicted octanol–water partition coefficient (Wildman–Crippen LogP) is 2.59. The molecule has 0 aliphatic heterocycles. The summed E-state index contributed by atoms with van der Waals surface area (Å²) < 4.78 is 0. The van der Waals surface area contributed by atoms with Gasteiger partial charge in [-0.25, -0.2) is 4.98 Å². The summed E-state index contributed by atoms with van der Waals surface area (Å²) in [5.41, 5.74) is 7.72. The van der Waals surface area contributed by atoms with E-state index in [2.05, 4.69) is 10.3 Å². The Hall–Kier alpha value is -1.88. The Morgan fingerprint density at radius 1 is 1.41 bits per heavy atom. The molecule has 0 atom stereocenters.